The summed E-state index contributed by atoms with van der Waals surface area (Å²) in [6.07, 6.45) is 0. The summed E-state index contributed by atoms with van der Waals surface area (Å²) in [5, 5.41) is 0. The molecule has 0 saturated heterocycles. The van der Waals surface area contributed by atoms with Crippen molar-refractivity contribution in [1.29, 1.82) is 0 Å². The summed E-state index contributed by atoms with van der Waals surface area (Å²) in [6, 6.07) is 14.5. The highest BCUT2D eigenvalue weighted by Gasteiger charge is 2.11. The SMILES string of the molecule is COc1ccc(C(Br)c2ccc(Br)c(C)c2)cc1. The summed E-state index contributed by atoms with van der Waals surface area (Å²) in [5.74, 6) is 0.880. The maximum absolute atomic E-state index is 5.17. The summed E-state index contributed by atoms with van der Waals surface area (Å²) in [4.78, 5) is 0.204. The van der Waals surface area contributed by atoms with Crippen molar-refractivity contribution < 1.29 is 4.74 Å². The van der Waals surface area contributed by atoms with Gasteiger partial charge in [0.15, 0.2) is 0 Å². The molecule has 2 aromatic rings. The van der Waals surface area contributed by atoms with E-state index in [0.29, 0.717) is 0 Å². The number of methoxy groups -OCH3 is 1. The van der Waals surface area contributed by atoms with Crippen molar-refractivity contribution in [3.8, 4) is 5.75 Å². The van der Waals surface area contributed by atoms with E-state index >= 15 is 0 Å². The normalized spacial score (nSPS) is 12.2. The largest absolute Gasteiger partial charge is 0.497 e. The molecule has 0 saturated carbocycles. The topological polar surface area (TPSA) is 9.23 Å². The molecule has 18 heavy (non-hydrogen) atoms. The average molecular weight is 370 g/mol. The molecule has 0 spiro atoms. The third-order valence-electron chi connectivity index (χ3n) is 2.88. The third-order valence-corrected chi connectivity index (χ3v) is 4.83. The number of aryl methyl sites for hydroxylation is 1. The Balaban J connectivity index is 2.28. The van der Waals surface area contributed by atoms with Gasteiger partial charge >= 0.3 is 0 Å². The molecule has 0 amide bonds. The Labute approximate surface area is 124 Å². The second-order valence-corrected chi connectivity index (χ2v) is 5.91. The maximum atomic E-state index is 5.17. The third kappa shape index (κ3) is 2.96. The molecule has 3 heteroatoms. The number of alkyl halides is 1. The van der Waals surface area contributed by atoms with E-state index in [-0.39, 0.29) is 4.83 Å². The zero-order valence-corrected chi connectivity index (χ0v) is 13.5. The molecule has 1 atom stereocenters. The summed E-state index contributed by atoms with van der Waals surface area (Å²) in [7, 11) is 1.68. The molecular formula is C15H14Br2O. The van der Waals surface area contributed by atoms with Crippen molar-refractivity contribution in [2.24, 2.45) is 0 Å². The van der Waals surface area contributed by atoms with Crippen LogP contribution in [0.15, 0.2) is 46.9 Å². The van der Waals surface area contributed by atoms with Gasteiger partial charge in [0.05, 0.1) is 11.9 Å². The van der Waals surface area contributed by atoms with Crippen molar-refractivity contribution >= 4 is 31.9 Å². The summed E-state index contributed by atoms with van der Waals surface area (Å²) in [5.41, 5.74) is 3.71. The molecule has 0 aromatic heterocycles. The highest BCUT2D eigenvalue weighted by atomic mass is 79.9. The van der Waals surface area contributed by atoms with Crippen molar-refractivity contribution in [3.63, 3.8) is 0 Å². The lowest BCUT2D eigenvalue weighted by molar-refractivity contribution is 0.414. The van der Waals surface area contributed by atoms with Crippen LogP contribution in [0.1, 0.15) is 21.5 Å². The Hall–Kier alpha value is -0.800. The zero-order valence-electron chi connectivity index (χ0n) is 10.3. The van der Waals surface area contributed by atoms with Crippen LogP contribution in [0.3, 0.4) is 0 Å². The predicted octanol–water partition coefficient (Wildman–Crippen LogP) is 5.25. The van der Waals surface area contributed by atoms with Gasteiger partial charge < -0.3 is 4.74 Å². The van der Waals surface area contributed by atoms with E-state index in [1.54, 1.807) is 7.11 Å². The quantitative estimate of drug-likeness (QED) is 0.671. The van der Waals surface area contributed by atoms with Crippen LogP contribution in [0, 0.1) is 6.92 Å². The minimum absolute atomic E-state index is 0.204. The Morgan fingerprint density at radius 2 is 1.61 bits per heavy atom. The fraction of sp³-hybridized carbons (Fsp3) is 0.200. The van der Waals surface area contributed by atoms with Crippen LogP contribution in [0.2, 0.25) is 0 Å². The molecule has 94 valence electrons. The molecule has 0 heterocycles. The summed E-state index contributed by atoms with van der Waals surface area (Å²) < 4.78 is 6.31. The molecule has 0 aliphatic carbocycles. The smallest absolute Gasteiger partial charge is 0.118 e. The van der Waals surface area contributed by atoms with Crippen LogP contribution in [0.4, 0.5) is 0 Å². The second-order valence-electron chi connectivity index (χ2n) is 4.14. The Morgan fingerprint density at radius 1 is 1.00 bits per heavy atom. The van der Waals surface area contributed by atoms with Gasteiger partial charge in [-0.25, -0.2) is 0 Å². The number of halogens is 2. The van der Waals surface area contributed by atoms with E-state index in [2.05, 4.69) is 69.1 Å². The number of hydrogen-bond acceptors (Lipinski definition) is 1. The number of rotatable bonds is 3. The fourth-order valence-electron chi connectivity index (χ4n) is 1.79. The summed E-state index contributed by atoms with van der Waals surface area (Å²) >= 11 is 7.26. The van der Waals surface area contributed by atoms with Crippen LogP contribution in [-0.2, 0) is 0 Å². The van der Waals surface area contributed by atoms with Crippen LogP contribution < -0.4 is 4.74 Å². The number of benzene rings is 2. The van der Waals surface area contributed by atoms with Gasteiger partial charge in [0.2, 0.25) is 0 Å². The van der Waals surface area contributed by atoms with Gasteiger partial charge in [-0.2, -0.15) is 0 Å². The molecule has 0 radical (unpaired) electrons. The maximum Gasteiger partial charge on any atom is 0.118 e. The van der Waals surface area contributed by atoms with Crippen molar-refractivity contribution in [2.45, 2.75) is 11.8 Å². The van der Waals surface area contributed by atoms with Gasteiger partial charge in [-0.15, -0.1) is 0 Å². The Bertz CT molecular complexity index is 535. The molecule has 2 aromatic carbocycles. The molecule has 0 fully saturated rings. The van der Waals surface area contributed by atoms with Crippen LogP contribution in [0.25, 0.3) is 0 Å². The van der Waals surface area contributed by atoms with E-state index in [1.807, 2.05) is 12.1 Å². The molecule has 1 nitrogen and oxygen atoms in total. The molecule has 0 aliphatic rings. The van der Waals surface area contributed by atoms with Gasteiger partial charge in [-0.3, -0.25) is 0 Å². The van der Waals surface area contributed by atoms with Crippen LogP contribution in [0.5, 0.6) is 5.75 Å². The minimum atomic E-state index is 0.204. The first-order chi connectivity index (χ1) is 8.61. The van der Waals surface area contributed by atoms with Crippen LogP contribution in [-0.4, -0.2) is 7.11 Å². The molecule has 2 rings (SSSR count). The standard InChI is InChI=1S/C15H14Br2O/c1-10-9-12(5-8-14(10)16)15(17)11-3-6-13(18-2)7-4-11/h3-9,15H,1-2H3. The molecule has 0 N–H and O–H groups in total. The average Bonchev–Trinajstić information content (AvgIpc) is 2.41. The van der Waals surface area contributed by atoms with E-state index in [9.17, 15) is 0 Å². The van der Waals surface area contributed by atoms with Crippen molar-refractivity contribution in [3.05, 3.63) is 63.6 Å². The number of hydrogen-bond donors (Lipinski definition) is 0. The van der Waals surface area contributed by atoms with Crippen molar-refractivity contribution in [1.82, 2.24) is 0 Å². The van der Waals surface area contributed by atoms with Crippen molar-refractivity contribution in [2.75, 3.05) is 7.11 Å². The second kappa shape index (κ2) is 5.89. The molecule has 1 unspecified atom stereocenters. The Kier molecular flexibility index (Phi) is 4.46. The molecule has 0 aliphatic heterocycles. The lowest BCUT2D eigenvalue weighted by atomic mass is 10.0. The first kappa shape index (κ1) is 13.6. The fourth-order valence-corrected chi connectivity index (χ4v) is 2.63. The molecule has 0 bridgehead atoms. The molecular weight excluding hydrogens is 356 g/mol. The first-order valence-corrected chi connectivity index (χ1v) is 7.36. The van der Waals surface area contributed by atoms with E-state index in [4.69, 9.17) is 4.74 Å². The highest BCUT2D eigenvalue weighted by molar-refractivity contribution is 9.10. The highest BCUT2D eigenvalue weighted by Crippen LogP contribution is 2.33. The van der Waals surface area contributed by atoms with Gasteiger partial charge in [0.25, 0.3) is 0 Å². The monoisotopic (exact) mass is 368 g/mol. The number of ether oxygens (including phenoxy) is 1. The van der Waals surface area contributed by atoms with E-state index in [0.717, 1.165) is 10.2 Å². The zero-order chi connectivity index (χ0) is 13.1. The van der Waals surface area contributed by atoms with Crippen LogP contribution >= 0.6 is 31.9 Å². The lowest BCUT2D eigenvalue weighted by Gasteiger charge is -2.12. The van der Waals surface area contributed by atoms with Gasteiger partial charge in [-0.1, -0.05) is 56.1 Å². The lowest BCUT2D eigenvalue weighted by Crippen LogP contribution is -1.94. The Morgan fingerprint density at radius 3 is 2.17 bits per heavy atom. The minimum Gasteiger partial charge on any atom is -0.497 e. The van der Waals surface area contributed by atoms with Gasteiger partial charge in [0, 0.05) is 4.47 Å². The first-order valence-electron chi connectivity index (χ1n) is 5.66. The van der Waals surface area contributed by atoms with E-state index < -0.39 is 0 Å². The van der Waals surface area contributed by atoms with Gasteiger partial charge in [-0.05, 0) is 41.8 Å². The van der Waals surface area contributed by atoms with Gasteiger partial charge in [0.1, 0.15) is 5.75 Å². The summed E-state index contributed by atoms with van der Waals surface area (Å²) in [6.45, 7) is 2.10. The predicted molar refractivity (Wildman–Crippen MR) is 82.6 cm³/mol. The van der Waals surface area contributed by atoms with E-state index in [1.165, 1.54) is 16.7 Å².